The van der Waals surface area contributed by atoms with Gasteiger partial charge in [0.15, 0.2) is 0 Å². The summed E-state index contributed by atoms with van der Waals surface area (Å²) in [7, 11) is 0. The summed E-state index contributed by atoms with van der Waals surface area (Å²) in [5.41, 5.74) is 0.497. The number of rotatable bonds is 2. The molecule has 2 rings (SSSR count). The number of hydrogen-bond donors (Lipinski definition) is 1. The topological polar surface area (TPSA) is 29.1 Å². The summed E-state index contributed by atoms with van der Waals surface area (Å²) in [6.07, 6.45) is 3.46. The molecule has 1 aromatic carbocycles. The lowest BCUT2D eigenvalue weighted by Gasteiger charge is -2.34. The van der Waals surface area contributed by atoms with Gasteiger partial charge in [-0.2, -0.15) is 0 Å². The van der Waals surface area contributed by atoms with Gasteiger partial charge in [-0.25, -0.2) is 0 Å². The van der Waals surface area contributed by atoms with E-state index in [1.54, 1.807) is 18.2 Å². The van der Waals surface area contributed by atoms with Crippen LogP contribution in [-0.2, 0) is 0 Å². The second-order valence-electron chi connectivity index (χ2n) is 5.47. The zero-order valence-electron chi connectivity index (χ0n) is 11.2. The number of carbonyl (C=O) groups is 1. The maximum absolute atomic E-state index is 12.3. The molecule has 1 aliphatic carbocycles. The van der Waals surface area contributed by atoms with Gasteiger partial charge in [0, 0.05) is 11.1 Å². The van der Waals surface area contributed by atoms with E-state index in [9.17, 15) is 4.79 Å². The van der Waals surface area contributed by atoms with E-state index in [0.29, 0.717) is 27.4 Å². The Morgan fingerprint density at radius 1 is 1.26 bits per heavy atom. The van der Waals surface area contributed by atoms with Crippen LogP contribution >= 0.6 is 23.2 Å². The minimum atomic E-state index is -0.104. The van der Waals surface area contributed by atoms with Crippen molar-refractivity contribution in [2.24, 2.45) is 11.8 Å². The first-order valence-electron chi connectivity index (χ1n) is 6.75. The van der Waals surface area contributed by atoms with Crippen molar-refractivity contribution in [3.63, 3.8) is 0 Å². The zero-order valence-corrected chi connectivity index (χ0v) is 12.8. The number of hydrogen-bond acceptors (Lipinski definition) is 1. The summed E-state index contributed by atoms with van der Waals surface area (Å²) in [6, 6.07) is 5.21. The average molecular weight is 300 g/mol. The first kappa shape index (κ1) is 14.7. The monoisotopic (exact) mass is 299 g/mol. The summed E-state index contributed by atoms with van der Waals surface area (Å²) in [4.78, 5) is 12.3. The molecule has 0 radical (unpaired) electrons. The first-order chi connectivity index (χ1) is 8.99. The number of benzene rings is 1. The van der Waals surface area contributed by atoms with Crippen molar-refractivity contribution in [2.75, 3.05) is 0 Å². The van der Waals surface area contributed by atoms with E-state index in [1.807, 2.05) is 0 Å². The smallest absolute Gasteiger partial charge is 0.253 e. The number of halogens is 2. The van der Waals surface area contributed by atoms with Gasteiger partial charge in [0.05, 0.1) is 10.6 Å². The minimum Gasteiger partial charge on any atom is -0.349 e. The van der Waals surface area contributed by atoms with Crippen LogP contribution in [0.4, 0.5) is 0 Å². The summed E-state index contributed by atoms with van der Waals surface area (Å²) in [5.74, 6) is 1.05. The molecular formula is C15H19Cl2NO. The van der Waals surface area contributed by atoms with E-state index in [4.69, 9.17) is 23.2 Å². The SMILES string of the molecule is C[C@@H]1[C@H](C)CCC[C@@H]1NC(=O)c1ccc(Cl)cc1Cl. The Morgan fingerprint density at radius 2 is 2.00 bits per heavy atom. The Balaban J connectivity index is 2.08. The molecule has 1 aromatic rings. The van der Waals surface area contributed by atoms with Gasteiger partial charge in [-0.15, -0.1) is 0 Å². The molecule has 3 atom stereocenters. The Hall–Kier alpha value is -0.730. The second-order valence-corrected chi connectivity index (χ2v) is 6.32. The molecule has 1 fully saturated rings. The molecule has 19 heavy (non-hydrogen) atoms. The highest BCUT2D eigenvalue weighted by Crippen LogP contribution is 2.30. The van der Waals surface area contributed by atoms with Gasteiger partial charge in [0.25, 0.3) is 5.91 Å². The average Bonchev–Trinajstić information content (AvgIpc) is 2.34. The highest BCUT2D eigenvalue weighted by Gasteiger charge is 2.28. The molecule has 1 saturated carbocycles. The van der Waals surface area contributed by atoms with Crippen molar-refractivity contribution in [3.8, 4) is 0 Å². The zero-order chi connectivity index (χ0) is 14.0. The largest absolute Gasteiger partial charge is 0.349 e. The molecule has 0 heterocycles. The Labute approximate surface area is 124 Å². The maximum atomic E-state index is 12.3. The predicted octanol–water partition coefficient (Wildman–Crippen LogP) is 4.55. The third-order valence-electron chi connectivity index (χ3n) is 4.20. The molecule has 0 aromatic heterocycles. The van der Waals surface area contributed by atoms with Gasteiger partial charge in [-0.3, -0.25) is 4.79 Å². The third kappa shape index (κ3) is 3.43. The molecule has 0 spiro atoms. The number of amides is 1. The Kier molecular flexibility index (Phi) is 4.75. The van der Waals surface area contributed by atoms with Crippen molar-refractivity contribution in [2.45, 2.75) is 39.2 Å². The summed E-state index contributed by atoms with van der Waals surface area (Å²) in [5, 5.41) is 4.06. The fourth-order valence-corrected chi connectivity index (χ4v) is 3.20. The summed E-state index contributed by atoms with van der Waals surface area (Å²) in [6.45, 7) is 4.45. The van der Waals surface area contributed by atoms with Crippen molar-refractivity contribution in [3.05, 3.63) is 33.8 Å². The van der Waals surface area contributed by atoms with Gasteiger partial charge in [0.1, 0.15) is 0 Å². The van der Waals surface area contributed by atoms with Crippen LogP contribution in [0.3, 0.4) is 0 Å². The lowest BCUT2D eigenvalue weighted by Crippen LogP contribution is -2.43. The molecule has 0 saturated heterocycles. The minimum absolute atomic E-state index is 0.104. The normalized spacial score (nSPS) is 27.1. The van der Waals surface area contributed by atoms with Crippen LogP contribution in [0.2, 0.25) is 10.0 Å². The molecule has 0 aliphatic heterocycles. The van der Waals surface area contributed by atoms with Gasteiger partial charge >= 0.3 is 0 Å². The van der Waals surface area contributed by atoms with Gasteiger partial charge < -0.3 is 5.32 Å². The summed E-state index contributed by atoms with van der Waals surface area (Å²) >= 11 is 11.9. The van der Waals surface area contributed by atoms with Crippen LogP contribution in [0.5, 0.6) is 0 Å². The Bertz CT molecular complexity index is 475. The van der Waals surface area contributed by atoms with Crippen molar-refractivity contribution < 1.29 is 4.79 Å². The van der Waals surface area contributed by atoms with E-state index in [2.05, 4.69) is 19.2 Å². The van der Waals surface area contributed by atoms with Crippen molar-refractivity contribution >= 4 is 29.1 Å². The quantitative estimate of drug-likeness (QED) is 0.853. The predicted molar refractivity (Wildman–Crippen MR) is 79.9 cm³/mol. The fourth-order valence-electron chi connectivity index (χ4n) is 2.71. The van der Waals surface area contributed by atoms with Gasteiger partial charge in [0.2, 0.25) is 0 Å². The second kappa shape index (κ2) is 6.15. The van der Waals surface area contributed by atoms with E-state index in [1.165, 1.54) is 12.8 Å². The van der Waals surface area contributed by atoms with Crippen LogP contribution in [0.25, 0.3) is 0 Å². The fraction of sp³-hybridized carbons (Fsp3) is 0.533. The van der Waals surface area contributed by atoms with E-state index >= 15 is 0 Å². The number of carbonyl (C=O) groups excluding carboxylic acids is 1. The molecule has 0 bridgehead atoms. The van der Waals surface area contributed by atoms with Crippen molar-refractivity contribution in [1.82, 2.24) is 5.32 Å². The van der Waals surface area contributed by atoms with E-state index < -0.39 is 0 Å². The van der Waals surface area contributed by atoms with Crippen molar-refractivity contribution in [1.29, 1.82) is 0 Å². The first-order valence-corrected chi connectivity index (χ1v) is 7.50. The molecule has 1 aliphatic rings. The molecule has 1 amide bonds. The molecule has 0 unspecified atom stereocenters. The van der Waals surface area contributed by atoms with Crippen LogP contribution in [0.1, 0.15) is 43.5 Å². The van der Waals surface area contributed by atoms with E-state index in [0.717, 1.165) is 6.42 Å². The molecule has 1 N–H and O–H groups in total. The third-order valence-corrected chi connectivity index (χ3v) is 4.75. The van der Waals surface area contributed by atoms with Crippen LogP contribution in [0, 0.1) is 11.8 Å². The molecule has 104 valence electrons. The van der Waals surface area contributed by atoms with Gasteiger partial charge in [-0.05, 0) is 36.5 Å². The summed E-state index contributed by atoms with van der Waals surface area (Å²) < 4.78 is 0. The lowest BCUT2D eigenvalue weighted by atomic mass is 9.78. The van der Waals surface area contributed by atoms with Crippen LogP contribution in [-0.4, -0.2) is 11.9 Å². The van der Waals surface area contributed by atoms with Crippen LogP contribution < -0.4 is 5.32 Å². The van der Waals surface area contributed by atoms with E-state index in [-0.39, 0.29) is 11.9 Å². The maximum Gasteiger partial charge on any atom is 0.253 e. The standard InChI is InChI=1S/C15H19Cl2NO/c1-9-4-3-5-14(10(9)2)18-15(19)12-7-6-11(16)8-13(12)17/h6-10,14H,3-5H2,1-2H3,(H,18,19)/t9-,10-,14+/m1/s1. The van der Waals surface area contributed by atoms with Gasteiger partial charge in [-0.1, -0.05) is 49.9 Å². The molecular weight excluding hydrogens is 281 g/mol. The van der Waals surface area contributed by atoms with Crippen LogP contribution in [0.15, 0.2) is 18.2 Å². The number of nitrogens with one attached hydrogen (secondary N) is 1. The molecule has 2 nitrogen and oxygen atoms in total. The highest BCUT2D eigenvalue weighted by molar-refractivity contribution is 6.36. The molecule has 4 heteroatoms. The Morgan fingerprint density at radius 3 is 2.68 bits per heavy atom. The highest BCUT2D eigenvalue weighted by atomic mass is 35.5. The lowest BCUT2D eigenvalue weighted by molar-refractivity contribution is 0.0891.